The number of ether oxygens (including phenoxy) is 2. The standard InChI is InChI=1S/C24H30N2O3/c1-18-8-9-21(24(2,3)4)22(16-18)29-15-14-28-20-7-5-6-19(17-20)11-13-26-23(27)10-12-25/h5-9,16-17H,10-11,13-15H2,1-4H3,(H,26,27). The van der Waals surface area contributed by atoms with Crippen LogP contribution >= 0.6 is 0 Å². The molecule has 0 radical (unpaired) electrons. The third-order valence-corrected chi connectivity index (χ3v) is 4.43. The van der Waals surface area contributed by atoms with Crippen LogP contribution in [0.5, 0.6) is 11.5 Å². The van der Waals surface area contributed by atoms with Gasteiger partial charge in [0.15, 0.2) is 0 Å². The van der Waals surface area contributed by atoms with Crippen molar-refractivity contribution in [3.8, 4) is 17.6 Å². The second-order valence-corrected chi connectivity index (χ2v) is 8.03. The molecule has 0 saturated heterocycles. The number of carbonyl (C=O) groups is 1. The Kier molecular flexibility index (Phi) is 8.09. The van der Waals surface area contributed by atoms with Gasteiger partial charge in [0, 0.05) is 6.54 Å². The molecule has 0 atom stereocenters. The Labute approximate surface area is 173 Å². The predicted octanol–water partition coefficient (Wildman–Crippen LogP) is 4.32. The maximum Gasteiger partial charge on any atom is 0.234 e. The van der Waals surface area contributed by atoms with Gasteiger partial charge in [0.05, 0.1) is 6.07 Å². The fourth-order valence-electron chi connectivity index (χ4n) is 2.95. The Morgan fingerprint density at radius 1 is 1.10 bits per heavy atom. The summed E-state index contributed by atoms with van der Waals surface area (Å²) in [6.45, 7) is 9.99. The molecule has 0 aliphatic rings. The molecule has 5 nitrogen and oxygen atoms in total. The van der Waals surface area contributed by atoms with Crippen LogP contribution < -0.4 is 14.8 Å². The van der Waals surface area contributed by atoms with Crippen molar-refractivity contribution in [2.24, 2.45) is 0 Å². The van der Waals surface area contributed by atoms with Crippen molar-refractivity contribution in [2.75, 3.05) is 19.8 Å². The van der Waals surface area contributed by atoms with Crippen LogP contribution in [0.3, 0.4) is 0 Å². The fourth-order valence-corrected chi connectivity index (χ4v) is 2.95. The minimum atomic E-state index is -0.247. The molecule has 0 fully saturated rings. The van der Waals surface area contributed by atoms with E-state index in [1.807, 2.05) is 30.3 Å². The van der Waals surface area contributed by atoms with Crippen molar-refractivity contribution in [1.82, 2.24) is 5.32 Å². The molecule has 2 aromatic rings. The summed E-state index contributed by atoms with van der Waals surface area (Å²) in [5.41, 5.74) is 3.43. The van der Waals surface area contributed by atoms with Gasteiger partial charge in [-0.3, -0.25) is 4.79 Å². The average Bonchev–Trinajstić information content (AvgIpc) is 2.65. The molecule has 0 heterocycles. The zero-order valence-electron chi connectivity index (χ0n) is 17.7. The summed E-state index contributed by atoms with van der Waals surface area (Å²) in [5, 5.41) is 11.2. The number of nitrogens with zero attached hydrogens (tertiary/aromatic N) is 1. The molecule has 5 heteroatoms. The summed E-state index contributed by atoms with van der Waals surface area (Å²) in [7, 11) is 0. The van der Waals surface area contributed by atoms with Crippen LogP contribution in [0.2, 0.25) is 0 Å². The van der Waals surface area contributed by atoms with Gasteiger partial charge in [0.1, 0.15) is 31.1 Å². The molecular formula is C24H30N2O3. The van der Waals surface area contributed by atoms with E-state index >= 15 is 0 Å². The SMILES string of the molecule is Cc1ccc(C(C)(C)C)c(OCCOc2cccc(CCNC(=O)CC#N)c2)c1. The number of benzene rings is 2. The maximum absolute atomic E-state index is 11.3. The largest absolute Gasteiger partial charge is 0.490 e. The molecule has 0 bridgehead atoms. The van der Waals surface area contributed by atoms with Crippen LogP contribution in [0.1, 0.15) is 43.9 Å². The van der Waals surface area contributed by atoms with E-state index in [2.05, 4.69) is 51.2 Å². The zero-order valence-corrected chi connectivity index (χ0v) is 17.7. The Balaban J connectivity index is 1.84. The monoisotopic (exact) mass is 394 g/mol. The second-order valence-electron chi connectivity index (χ2n) is 8.03. The molecule has 0 aromatic heterocycles. The van der Waals surface area contributed by atoms with Crippen molar-refractivity contribution in [1.29, 1.82) is 5.26 Å². The number of hydrogen-bond donors (Lipinski definition) is 1. The quantitative estimate of drug-likeness (QED) is 0.643. The lowest BCUT2D eigenvalue weighted by molar-refractivity contribution is -0.120. The lowest BCUT2D eigenvalue weighted by Crippen LogP contribution is -2.24. The van der Waals surface area contributed by atoms with Gasteiger partial charge < -0.3 is 14.8 Å². The molecule has 29 heavy (non-hydrogen) atoms. The molecule has 0 saturated carbocycles. The Morgan fingerprint density at radius 3 is 2.59 bits per heavy atom. The third-order valence-electron chi connectivity index (χ3n) is 4.43. The molecule has 1 N–H and O–H groups in total. The van der Waals surface area contributed by atoms with Gasteiger partial charge in [-0.2, -0.15) is 5.26 Å². The van der Waals surface area contributed by atoms with Crippen LogP contribution in [-0.4, -0.2) is 25.7 Å². The van der Waals surface area contributed by atoms with Gasteiger partial charge in [0.2, 0.25) is 5.91 Å². The molecule has 2 aromatic carbocycles. The first-order chi connectivity index (χ1) is 13.8. The molecule has 0 aliphatic carbocycles. The van der Waals surface area contributed by atoms with Gasteiger partial charge in [-0.25, -0.2) is 0 Å². The molecule has 1 amide bonds. The highest BCUT2D eigenvalue weighted by Gasteiger charge is 2.18. The topological polar surface area (TPSA) is 71.3 Å². The van der Waals surface area contributed by atoms with Gasteiger partial charge in [-0.15, -0.1) is 0 Å². The maximum atomic E-state index is 11.3. The Bertz CT molecular complexity index is 863. The smallest absolute Gasteiger partial charge is 0.234 e. The van der Waals surface area contributed by atoms with E-state index in [1.165, 1.54) is 11.1 Å². The molecular weight excluding hydrogens is 364 g/mol. The Morgan fingerprint density at radius 2 is 1.86 bits per heavy atom. The summed E-state index contributed by atoms with van der Waals surface area (Å²) in [4.78, 5) is 11.3. The Hall–Kier alpha value is -3.00. The van der Waals surface area contributed by atoms with Crippen LogP contribution in [0.25, 0.3) is 0 Å². The molecule has 0 aliphatic heterocycles. The predicted molar refractivity (Wildman–Crippen MR) is 114 cm³/mol. The van der Waals surface area contributed by atoms with Gasteiger partial charge in [0.25, 0.3) is 0 Å². The van der Waals surface area contributed by atoms with Crippen molar-refractivity contribution in [3.63, 3.8) is 0 Å². The highest BCUT2D eigenvalue weighted by Crippen LogP contribution is 2.32. The van der Waals surface area contributed by atoms with Gasteiger partial charge in [-0.1, -0.05) is 45.0 Å². The van der Waals surface area contributed by atoms with E-state index < -0.39 is 0 Å². The summed E-state index contributed by atoms with van der Waals surface area (Å²) in [6, 6.07) is 15.9. The van der Waals surface area contributed by atoms with Crippen molar-refractivity contribution in [2.45, 2.75) is 46.0 Å². The second kappa shape index (κ2) is 10.5. The molecule has 0 spiro atoms. The number of nitriles is 1. The highest BCUT2D eigenvalue weighted by molar-refractivity contribution is 5.77. The van der Waals surface area contributed by atoms with E-state index in [-0.39, 0.29) is 17.7 Å². The summed E-state index contributed by atoms with van der Waals surface area (Å²) < 4.78 is 11.8. The molecule has 0 unspecified atom stereocenters. The minimum absolute atomic E-state index is 0.0148. The molecule has 154 valence electrons. The van der Waals surface area contributed by atoms with Crippen LogP contribution in [0, 0.1) is 18.3 Å². The first-order valence-corrected chi connectivity index (χ1v) is 9.89. The van der Waals surface area contributed by atoms with E-state index in [9.17, 15) is 4.79 Å². The van der Waals surface area contributed by atoms with E-state index in [0.717, 1.165) is 17.1 Å². The first-order valence-electron chi connectivity index (χ1n) is 9.89. The summed E-state index contributed by atoms with van der Waals surface area (Å²) in [6.07, 6.45) is 0.574. The van der Waals surface area contributed by atoms with E-state index in [1.54, 1.807) is 0 Å². The number of amides is 1. The minimum Gasteiger partial charge on any atom is -0.490 e. The van der Waals surface area contributed by atoms with E-state index in [4.69, 9.17) is 14.7 Å². The van der Waals surface area contributed by atoms with Crippen molar-refractivity contribution < 1.29 is 14.3 Å². The van der Waals surface area contributed by atoms with Crippen LogP contribution in [0.15, 0.2) is 42.5 Å². The normalized spacial score (nSPS) is 10.9. The van der Waals surface area contributed by atoms with Gasteiger partial charge >= 0.3 is 0 Å². The first kappa shape index (κ1) is 22.3. The lowest BCUT2D eigenvalue weighted by atomic mass is 9.86. The van der Waals surface area contributed by atoms with Crippen molar-refractivity contribution in [3.05, 3.63) is 59.2 Å². The number of rotatable bonds is 9. The number of aryl methyl sites for hydroxylation is 1. The number of carbonyl (C=O) groups excluding carboxylic acids is 1. The van der Waals surface area contributed by atoms with E-state index in [0.29, 0.717) is 26.2 Å². The van der Waals surface area contributed by atoms with Crippen LogP contribution in [-0.2, 0) is 16.6 Å². The zero-order chi connectivity index (χ0) is 21.3. The fraction of sp³-hybridized carbons (Fsp3) is 0.417. The molecule has 2 rings (SSSR count). The van der Waals surface area contributed by atoms with Crippen molar-refractivity contribution >= 4 is 5.91 Å². The van der Waals surface area contributed by atoms with Gasteiger partial charge in [-0.05, 0) is 53.6 Å². The third kappa shape index (κ3) is 7.50. The highest BCUT2D eigenvalue weighted by atomic mass is 16.5. The lowest BCUT2D eigenvalue weighted by Gasteiger charge is -2.23. The summed E-state index contributed by atoms with van der Waals surface area (Å²) >= 11 is 0. The average molecular weight is 395 g/mol. The summed E-state index contributed by atoms with van der Waals surface area (Å²) in [5.74, 6) is 1.43. The van der Waals surface area contributed by atoms with Crippen LogP contribution in [0.4, 0.5) is 0 Å². The number of hydrogen-bond acceptors (Lipinski definition) is 4. The number of nitrogens with one attached hydrogen (secondary N) is 1.